The molecule has 0 aromatic heterocycles. The zero-order chi connectivity index (χ0) is 12.4. The van der Waals surface area contributed by atoms with Gasteiger partial charge in [-0.2, -0.15) is 0 Å². The van der Waals surface area contributed by atoms with Crippen LogP contribution in [0.4, 0.5) is 11.4 Å². The van der Waals surface area contributed by atoms with Gasteiger partial charge in [0.1, 0.15) is 0 Å². The molecule has 2 atom stereocenters. The van der Waals surface area contributed by atoms with E-state index in [1.165, 1.54) is 0 Å². The van der Waals surface area contributed by atoms with Crippen LogP contribution in [0.1, 0.15) is 31.7 Å². The van der Waals surface area contributed by atoms with Crippen molar-refractivity contribution in [3.05, 3.63) is 23.8 Å². The highest BCUT2D eigenvalue weighted by molar-refractivity contribution is 5.95. The number of hydrogen-bond acceptors (Lipinski definition) is 2. The molecule has 2 unspecified atom stereocenters. The first-order chi connectivity index (χ1) is 8.08. The molecule has 1 aliphatic carbocycles. The van der Waals surface area contributed by atoms with Crippen LogP contribution >= 0.6 is 0 Å². The molecular formula is C14H20N2O. The van der Waals surface area contributed by atoms with Crippen LogP contribution in [0.5, 0.6) is 0 Å². The average Bonchev–Trinajstić information content (AvgIpc) is 2.68. The van der Waals surface area contributed by atoms with Gasteiger partial charge in [0.2, 0.25) is 5.91 Å². The van der Waals surface area contributed by atoms with E-state index in [0.717, 1.165) is 30.5 Å². The molecule has 3 nitrogen and oxygen atoms in total. The molecule has 0 aliphatic heterocycles. The first-order valence-electron chi connectivity index (χ1n) is 6.25. The number of amides is 1. The molecule has 0 heterocycles. The van der Waals surface area contributed by atoms with Crippen molar-refractivity contribution in [1.82, 2.24) is 0 Å². The van der Waals surface area contributed by atoms with Crippen LogP contribution in [0.25, 0.3) is 0 Å². The van der Waals surface area contributed by atoms with E-state index in [4.69, 9.17) is 5.73 Å². The van der Waals surface area contributed by atoms with Crippen molar-refractivity contribution in [2.45, 2.75) is 33.1 Å². The third-order valence-corrected chi connectivity index (χ3v) is 3.66. The molecule has 1 fully saturated rings. The molecule has 1 amide bonds. The molecule has 1 aromatic carbocycles. The van der Waals surface area contributed by atoms with Gasteiger partial charge >= 0.3 is 0 Å². The Morgan fingerprint density at radius 1 is 1.41 bits per heavy atom. The Labute approximate surface area is 102 Å². The monoisotopic (exact) mass is 232 g/mol. The van der Waals surface area contributed by atoms with E-state index in [1.54, 1.807) is 0 Å². The molecule has 17 heavy (non-hydrogen) atoms. The van der Waals surface area contributed by atoms with Gasteiger partial charge in [-0.15, -0.1) is 0 Å². The fourth-order valence-electron chi connectivity index (χ4n) is 2.56. The molecule has 0 radical (unpaired) electrons. The number of nitrogens with two attached hydrogens (primary N) is 1. The van der Waals surface area contributed by atoms with Crippen LogP contribution in [-0.2, 0) is 4.79 Å². The van der Waals surface area contributed by atoms with E-state index in [-0.39, 0.29) is 11.8 Å². The Morgan fingerprint density at radius 2 is 2.18 bits per heavy atom. The summed E-state index contributed by atoms with van der Waals surface area (Å²) in [7, 11) is 0. The molecule has 2 rings (SSSR count). The third-order valence-electron chi connectivity index (χ3n) is 3.66. The minimum Gasteiger partial charge on any atom is -0.397 e. The lowest BCUT2D eigenvalue weighted by atomic mass is 9.97. The van der Waals surface area contributed by atoms with Crippen molar-refractivity contribution in [2.75, 3.05) is 11.1 Å². The van der Waals surface area contributed by atoms with E-state index in [0.29, 0.717) is 11.6 Å². The minimum atomic E-state index is 0.116. The Balaban J connectivity index is 2.07. The Kier molecular flexibility index (Phi) is 3.36. The van der Waals surface area contributed by atoms with Crippen molar-refractivity contribution in [1.29, 1.82) is 0 Å². The smallest absolute Gasteiger partial charge is 0.227 e. The Bertz CT molecular complexity index is 428. The van der Waals surface area contributed by atoms with Gasteiger partial charge in [0, 0.05) is 5.92 Å². The summed E-state index contributed by atoms with van der Waals surface area (Å²) in [4.78, 5) is 12.1. The summed E-state index contributed by atoms with van der Waals surface area (Å²) in [6.45, 7) is 4.14. The number of carbonyl (C=O) groups is 1. The van der Waals surface area contributed by atoms with Crippen molar-refractivity contribution < 1.29 is 4.79 Å². The summed E-state index contributed by atoms with van der Waals surface area (Å²) in [5.74, 6) is 0.753. The zero-order valence-electron chi connectivity index (χ0n) is 10.5. The molecule has 1 aromatic rings. The topological polar surface area (TPSA) is 55.1 Å². The second-order valence-corrected chi connectivity index (χ2v) is 5.09. The zero-order valence-corrected chi connectivity index (χ0v) is 10.5. The number of hydrogen-bond donors (Lipinski definition) is 2. The maximum absolute atomic E-state index is 12.1. The third kappa shape index (κ3) is 2.60. The number of nitrogen functional groups attached to an aromatic ring is 1. The van der Waals surface area contributed by atoms with Gasteiger partial charge in [0.15, 0.2) is 0 Å². The number of rotatable bonds is 2. The maximum atomic E-state index is 12.1. The normalized spacial score (nSPS) is 23.6. The highest BCUT2D eigenvalue weighted by Crippen LogP contribution is 2.32. The first-order valence-corrected chi connectivity index (χ1v) is 6.25. The van der Waals surface area contributed by atoms with E-state index in [9.17, 15) is 4.79 Å². The Hall–Kier alpha value is -1.51. The van der Waals surface area contributed by atoms with Gasteiger partial charge in [-0.1, -0.05) is 19.4 Å². The highest BCUT2D eigenvalue weighted by Gasteiger charge is 2.29. The van der Waals surface area contributed by atoms with E-state index >= 15 is 0 Å². The van der Waals surface area contributed by atoms with Crippen LogP contribution in [0.3, 0.4) is 0 Å². The Morgan fingerprint density at radius 3 is 2.76 bits per heavy atom. The van der Waals surface area contributed by atoms with E-state index in [1.807, 2.05) is 25.1 Å². The van der Waals surface area contributed by atoms with E-state index in [2.05, 4.69) is 12.2 Å². The second kappa shape index (κ2) is 4.78. The standard InChI is InChI=1S/C14H20N2O/c1-9-6-7-13(12(15)8-9)16-14(17)11-5-3-4-10(11)2/h6-8,10-11H,3-5,15H2,1-2H3,(H,16,17). The predicted octanol–water partition coefficient (Wildman–Crippen LogP) is 2.95. The number of anilines is 2. The molecule has 1 saturated carbocycles. The fourth-order valence-corrected chi connectivity index (χ4v) is 2.56. The van der Waals surface area contributed by atoms with Crippen LogP contribution in [0, 0.1) is 18.8 Å². The van der Waals surface area contributed by atoms with E-state index < -0.39 is 0 Å². The fraction of sp³-hybridized carbons (Fsp3) is 0.500. The molecule has 92 valence electrons. The molecule has 3 heteroatoms. The van der Waals surface area contributed by atoms with Crippen LogP contribution in [-0.4, -0.2) is 5.91 Å². The molecule has 0 bridgehead atoms. The van der Waals surface area contributed by atoms with Crippen molar-refractivity contribution in [3.8, 4) is 0 Å². The summed E-state index contributed by atoms with van der Waals surface area (Å²) in [5, 5.41) is 2.95. The predicted molar refractivity (Wildman–Crippen MR) is 70.7 cm³/mol. The summed E-state index contributed by atoms with van der Waals surface area (Å²) < 4.78 is 0. The van der Waals surface area contributed by atoms with Gasteiger partial charge < -0.3 is 11.1 Å². The highest BCUT2D eigenvalue weighted by atomic mass is 16.1. The van der Waals surface area contributed by atoms with Gasteiger partial charge in [0.25, 0.3) is 0 Å². The SMILES string of the molecule is Cc1ccc(NC(=O)C2CCCC2C)c(N)c1. The summed E-state index contributed by atoms with van der Waals surface area (Å²) >= 11 is 0. The van der Waals surface area contributed by atoms with Crippen LogP contribution in [0.2, 0.25) is 0 Å². The number of carbonyl (C=O) groups excluding carboxylic acids is 1. The average molecular weight is 232 g/mol. The van der Waals surface area contributed by atoms with Gasteiger partial charge in [-0.3, -0.25) is 4.79 Å². The number of benzene rings is 1. The lowest BCUT2D eigenvalue weighted by Crippen LogP contribution is -2.24. The van der Waals surface area contributed by atoms with Crippen molar-refractivity contribution in [3.63, 3.8) is 0 Å². The summed E-state index contributed by atoms with van der Waals surface area (Å²) in [6, 6.07) is 5.72. The lowest BCUT2D eigenvalue weighted by molar-refractivity contribution is -0.120. The molecule has 0 saturated heterocycles. The number of aryl methyl sites for hydroxylation is 1. The number of nitrogens with one attached hydrogen (secondary N) is 1. The quantitative estimate of drug-likeness (QED) is 0.770. The second-order valence-electron chi connectivity index (χ2n) is 5.09. The lowest BCUT2D eigenvalue weighted by Gasteiger charge is -2.16. The molecule has 1 aliphatic rings. The molecule has 0 spiro atoms. The van der Waals surface area contributed by atoms with Crippen molar-refractivity contribution in [2.24, 2.45) is 11.8 Å². The molecular weight excluding hydrogens is 212 g/mol. The van der Waals surface area contributed by atoms with Gasteiger partial charge in [-0.25, -0.2) is 0 Å². The minimum absolute atomic E-state index is 0.116. The van der Waals surface area contributed by atoms with Gasteiger partial charge in [-0.05, 0) is 43.4 Å². The molecule has 3 N–H and O–H groups in total. The summed E-state index contributed by atoms with van der Waals surface area (Å²) in [5.41, 5.74) is 8.37. The largest absolute Gasteiger partial charge is 0.397 e. The van der Waals surface area contributed by atoms with Gasteiger partial charge in [0.05, 0.1) is 11.4 Å². The maximum Gasteiger partial charge on any atom is 0.227 e. The van der Waals surface area contributed by atoms with Crippen LogP contribution < -0.4 is 11.1 Å². The summed E-state index contributed by atoms with van der Waals surface area (Å²) in [6.07, 6.45) is 3.31. The first kappa shape index (κ1) is 12.0. The van der Waals surface area contributed by atoms with Crippen molar-refractivity contribution >= 4 is 17.3 Å². The van der Waals surface area contributed by atoms with Crippen LogP contribution in [0.15, 0.2) is 18.2 Å².